The molecule has 0 saturated carbocycles. The van der Waals surface area contributed by atoms with Gasteiger partial charge in [0.1, 0.15) is 12.3 Å². The molecule has 1 aliphatic rings. The Bertz CT molecular complexity index is 1130. The first kappa shape index (κ1) is 20.3. The van der Waals surface area contributed by atoms with Gasteiger partial charge in [-0.1, -0.05) is 6.07 Å². The zero-order valence-electron chi connectivity index (χ0n) is 17.7. The number of rotatable bonds is 4. The first-order chi connectivity index (χ1) is 14.3. The van der Waals surface area contributed by atoms with Crippen molar-refractivity contribution in [2.75, 3.05) is 34.3 Å². The summed E-state index contributed by atoms with van der Waals surface area (Å²) in [7, 11) is 6.05. The van der Waals surface area contributed by atoms with Crippen LogP contribution < -0.4 is 4.74 Å². The van der Waals surface area contributed by atoms with E-state index in [2.05, 4.69) is 25.2 Å². The Morgan fingerprint density at radius 2 is 1.93 bits per heavy atom. The number of likely N-dealkylation sites (N-methyl/N-ethyl adjacent to an activating group) is 1. The fraction of sp³-hybridized carbons (Fsp3) is 0.292. The maximum absolute atomic E-state index is 14.0. The molecule has 4 rings (SSSR count). The molecule has 156 valence electrons. The summed E-state index contributed by atoms with van der Waals surface area (Å²) in [6, 6.07) is 7.94. The maximum Gasteiger partial charge on any atom is 0.159 e. The van der Waals surface area contributed by atoms with Gasteiger partial charge in [-0.15, -0.1) is 0 Å². The second-order valence-electron chi connectivity index (χ2n) is 8.53. The van der Waals surface area contributed by atoms with Crippen LogP contribution in [0.25, 0.3) is 22.9 Å². The molecule has 3 aromatic rings. The number of imidazole rings is 1. The van der Waals surface area contributed by atoms with Crippen molar-refractivity contribution in [3.05, 3.63) is 71.3 Å². The Labute approximate surface area is 175 Å². The van der Waals surface area contributed by atoms with Crippen molar-refractivity contribution in [3.63, 3.8) is 0 Å². The number of nitrogens with zero attached hydrogens (tertiary/aromatic N) is 3. The van der Waals surface area contributed by atoms with Gasteiger partial charge >= 0.3 is 0 Å². The topological polar surface area (TPSA) is 27.1 Å². The molecule has 30 heavy (non-hydrogen) atoms. The summed E-state index contributed by atoms with van der Waals surface area (Å²) < 4.78 is 36.1. The van der Waals surface area contributed by atoms with Crippen LogP contribution in [0.15, 0.2) is 48.4 Å². The Kier molecular flexibility index (Phi) is 5.20. The number of halogens is 2. The van der Waals surface area contributed by atoms with Gasteiger partial charge in [0, 0.05) is 12.6 Å². The summed E-state index contributed by atoms with van der Waals surface area (Å²) in [4.78, 5) is 4.30. The molecule has 0 amide bonds. The van der Waals surface area contributed by atoms with Gasteiger partial charge in [-0.2, -0.15) is 0 Å². The van der Waals surface area contributed by atoms with E-state index < -0.39 is 11.6 Å². The Morgan fingerprint density at radius 1 is 1.13 bits per heavy atom. The quantitative estimate of drug-likeness (QED) is 0.566. The van der Waals surface area contributed by atoms with Gasteiger partial charge in [0.15, 0.2) is 11.6 Å². The molecular formula is C24H26F2N3O+. The molecule has 0 spiro atoms. The van der Waals surface area contributed by atoms with E-state index in [1.54, 1.807) is 19.5 Å². The van der Waals surface area contributed by atoms with Crippen LogP contribution in [0.1, 0.15) is 17.7 Å². The predicted octanol–water partition coefficient (Wildman–Crippen LogP) is 5.00. The molecule has 1 aliphatic heterocycles. The number of hydrogen-bond donors (Lipinski definition) is 0. The molecule has 0 unspecified atom stereocenters. The van der Waals surface area contributed by atoms with Crippen LogP contribution in [-0.4, -0.2) is 48.3 Å². The zero-order chi connectivity index (χ0) is 21.5. The van der Waals surface area contributed by atoms with E-state index in [0.717, 1.165) is 46.5 Å². The highest BCUT2D eigenvalue weighted by Crippen LogP contribution is 2.36. The molecule has 1 saturated heterocycles. The van der Waals surface area contributed by atoms with E-state index in [1.165, 1.54) is 17.7 Å². The number of methoxy groups -OCH3 is 1. The van der Waals surface area contributed by atoms with Gasteiger partial charge in [0.2, 0.25) is 0 Å². The van der Waals surface area contributed by atoms with Crippen LogP contribution >= 0.6 is 0 Å². The van der Waals surface area contributed by atoms with E-state index in [0.29, 0.717) is 11.3 Å². The lowest BCUT2D eigenvalue weighted by molar-refractivity contribution is -0.875. The van der Waals surface area contributed by atoms with Crippen LogP contribution in [0.3, 0.4) is 0 Å². The summed E-state index contributed by atoms with van der Waals surface area (Å²) in [5.41, 5.74) is 5.37. The van der Waals surface area contributed by atoms with Crippen molar-refractivity contribution in [2.24, 2.45) is 0 Å². The predicted molar refractivity (Wildman–Crippen MR) is 115 cm³/mol. The van der Waals surface area contributed by atoms with Gasteiger partial charge < -0.3 is 13.8 Å². The number of hydrogen-bond acceptors (Lipinski definition) is 2. The SMILES string of the molecule is COc1cc(/C=C2/CC[N+](C)(C)C2)c(-c2ccc(F)c(F)c2)cc1-n1cnc(C)c1. The molecule has 1 fully saturated rings. The molecule has 0 aliphatic carbocycles. The fourth-order valence-corrected chi connectivity index (χ4v) is 4.03. The lowest BCUT2D eigenvalue weighted by atomic mass is 9.96. The largest absolute Gasteiger partial charge is 0.495 e. The van der Waals surface area contributed by atoms with Gasteiger partial charge in [0.25, 0.3) is 0 Å². The minimum absolute atomic E-state index is 0.619. The van der Waals surface area contributed by atoms with Crippen LogP contribution in [0.5, 0.6) is 5.75 Å². The summed E-state index contributed by atoms with van der Waals surface area (Å²) in [6.07, 6.45) is 6.80. The first-order valence-electron chi connectivity index (χ1n) is 9.95. The molecule has 4 nitrogen and oxygen atoms in total. The normalized spacial score (nSPS) is 16.9. The van der Waals surface area contributed by atoms with Crippen LogP contribution in [0.4, 0.5) is 8.78 Å². The van der Waals surface area contributed by atoms with E-state index in [1.807, 2.05) is 29.8 Å². The highest BCUT2D eigenvalue weighted by molar-refractivity contribution is 5.80. The third kappa shape index (κ3) is 4.00. The number of ether oxygens (including phenoxy) is 1. The fourth-order valence-electron chi connectivity index (χ4n) is 4.03. The lowest BCUT2D eigenvalue weighted by Crippen LogP contribution is -2.35. The van der Waals surface area contributed by atoms with Crippen molar-refractivity contribution in [1.29, 1.82) is 0 Å². The average molecular weight is 410 g/mol. The molecule has 2 heterocycles. The number of quaternary nitrogens is 1. The third-order valence-electron chi connectivity index (χ3n) is 5.60. The Morgan fingerprint density at radius 3 is 2.53 bits per heavy atom. The minimum Gasteiger partial charge on any atom is -0.495 e. The van der Waals surface area contributed by atoms with Gasteiger partial charge in [-0.3, -0.25) is 0 Å². The second-order valence-corrected chi connectivity index (χ2v) is 8.53. The van der Waals surface area contributed by atoms with Crippen molar-refractivity contribution in [3.8, 4) is 22.6 Å². The lowest BCUT2D eigenvalue weighted by Gasteiger charge is -2.22. The second kappa shape index (κ2) is 7.69. The van der Waals surface area contributed by atoms with Gasteiger partial charge in [0.05, 0.1) is 45.5 Å². The average Bonchev–Trinajstić information content (AvgIpc) is 3.28. The molecule has 0 bridgehead atoms. The number of aryl methyl sites for hydroxylation is 1. The van der Waals surface area contributed by atoms with Gasteiger partial charge in [-0.25, -0.2) is 13.8 Å². The monoisotopic (exact) mass is 410 g/mol. The van der Waals surface area contributed by atoms with Crippen LogP contribution in [-0.2, 0) is 0 Å². The van der Waals surface area contributed by atoms with E-state index in [4.69, 9.17) is 4.74 Å². The smallest absolute Gasteiger partial charge is 0.159 e. The maximum atomic E-state index is 14.0. The standard InChI is InChI=1S/C24H26F2N3O/c1-16-13-28(15-27-16)23-12-20(18-5-6-21(25)22(26)10-18)19(11-24(23)30-4)9-17-7-8-29(2,3)14-17/h5-6,9-13,15H,7-8,14H2,1-4H3/q+1/b17-9-. The summed E-state index contributed by atoms with van der Waals surface area (Å²) in [5.74, 6) is -1.02. The van der Waals surface area contributed by atoms with Crippen molar-refractivity contribution >= 4 is 6.08 Å². The molecule has 2 aromatic carbocycles. The number of aromatic nitrogens is 2. The zero-order valence-corrected chi connectivity index (χ0v) is 17.7. The number of likely N-dealkylation sites (tertiary alicyclic amines) is 1. The molecule has 6 heteroatoms. The van der Waals surface area contributed by atoms with Crippen molar-refractivity contribution in [2.45, 2.75) is 13.3 Å². The molecular weight excluding hydrogens is 384 g/mol. The van der Waals surface area contributed by atoms with E-state index >= 15 is 0 Å². The molecule has 0 N–H and O–H groups in total. The summed E-state index contributed by atoms with van der Waals surface area (Å²) >= 11 is 0. The first-order valence-corrected chi connectivity index (χ1v) is 9.95. The molecule has 0 atom stereocenters. The minimum atomic E-state index is -0.861. The van der Waals surface area contributed by atoms with Crippen LogP contribution in [0.2, 0.25) is 0 Å². The van der Waals surface area contributed by atoms with Crippen molar-refractivity contribution < 1.29 is 18.0 Å². The van der Waals surface area contributed by atoms with Crippen LogP contribution in [0, 0.1) is 18.6 Å². The Hall–Kier alpha value is -2.99. The third-order valence-corrected chi connectivity index (χ3v) is 5.60. The van der Waals surface area contributed by atoms with E-state index in [-0.39, 0.29) is 0 Å². The summed E-state index contributed by atoms with van der Waals surface area (Å²) in [6.45, 7) is 3.95. The highest BCUT2D eigenvalue weighted by atomic mass is 19.2. The van der Waals surface area contributed by atoms with Crippen molar-refractivity contribution in [1.82, 2.24) is 9.55 Å². The van der Waals surface area contributed by atoms with E-state index in [9.17, 15) is 8.78 Å². The molecule has 1 aromatic heterocycles. The molecule has 0 radical (unpaired) electrons. The Balaban J connectivity index is 1.91. The number of benzene rings is 2. The van der Waals surface area contributed by atoms with Gasteiger partial charge in [-0.05, 0) is 59.5 Å². The summed E-state index contributed by atoms with van der Waals surface area (Å²) in [5, 5.41) is 0. The highest BCUT2D eigenvalue weighted by Gasteiger charge is 2.26.